The predicted molar refractivity (Wildman–Crippen MR) is 45.1 cm³/mol. The molecule has 0 amide bonds. The first-order valence-corrected chi connectivity index (χ1v) is 4.29. The highest BCUT2D eigenvalue weighted by Gasteiger charge is 1.89. The summed E-state index contributed by atoms with van der Waals surface area (Å²) >= 11 is 1.73. The monoisotopic (exact) mass is 156 g/mol. The van der Waals surface area contributed by atoms with Gasteiger partial charge in [0.25, 0.3) is 0 Å². The zero-order valence-corrected chi connectivity index (χ0v) is 6.66. The minimum Gasteiger partial charge on any atom is -0.329 e. The first-order valence-electron chi connectivity index (χ1n) is 3.35. The van der Waals surface area contributed by atoms with E-state index in [9.17, 15) is 0 Å². The van der Waals surface area contributed by atoms with E-state index in [1.165, 1.54) is 5.56 Å². The quantitative estimate of drug-likeness (QED) is 0.633. The van der Waals surface area contributed by atoms with Gasteiger partial charge in [0.1, 0.15) is 0 Å². The van der Waals surface area contributed by atoms with Crippen LogP contribution in [0.1, 0.15) is 5.56 Å². The summed E-state index contributed by atoms with van der Waals surface area (Å²) in [5.74, 6) is 0. The predicted octanol–water partition coefficient (Wildman–Crippen LogP) is 0.796. The maximum Gasteiger partial charge on any atom is 0.0214 e. The highest BCUT2D eigenvalue weighted by Crippen LogP contribution is 2.04. The van der Waals surface area contributed by atoms with Crippen molar-refractivity contribution in [2.24, 2.45) is 5.73 Å². The lowest BCUT2D eigenvalue weighted by Crippen LogP contribution is -2.21. The molecule has 0 bridgehead atoms. The molecule has 0 unspecified atom stereocenters. The second kappa shape index (κ2) is 4.44. The number of hydrogen-bond donors (Lipinski definition) is 2. The molecule has 1 aromatic rings. The Balaban J connectivity index is 2.15. The van der Waals surface area contributed by atoms with Crippen molar-refractivity contribution in [2.45, 2.75) is 6.54 Å². The smallest absolute Gasteiger partial charge is 0.0214 e. The minimum atomic E-state index is 0.712. The maximum atomic E-state index is 5.31. The van der Waals surface area contributed by atoms with Crippen molar-refractivity contribution < 1.29 is 0 Å². The fourth-order valence-electron chi connectivity index (χ4n) is 0.728. The topological polar surface area (TPSA) is 38.0 Å². The van der Waals surface area contributed by atoms with Crippen molar-refractivity contribution in [1.82, 2.24) is 5.32 Å². The summed E-state index contributed by atoms with van der Waals surface area (Å²) in [5.41, 5.74) is 6.65. The molecule has 0 spiro atoms. The Hall–Kier alpha value is -0.380. The van der Waals surface area contributed by atoms with E-state index < -0.39 is 0 Å². The molecule has 56 valence electrons. The van der Waals surface area contributed by atoms with Crippen molar-refractivity contribution in [3.8, 4) is 0 Å². The van der Waals surface area contributed by atoms with Crippen molar-refractivity contribution in [3.63, 3.8) is 0 Å². The molecular formula is C7H12N2S. The normalized spacial score (nSPS) is 10.1. The first-order chi connectivity index (χ1) is 4.93. The van der Waals surface area contributed by atoms with Gasteiger partial charge in [-0.2, -0.15) is 11.3 Å². The Bertz CT molecular complexity index is 160. The van der Waals surface area contributed by atoms with E-state index in [-0.39, 0.29) is 0 Å². The molecule has 2 nitrogen and oxygen atoms in total. The summed E-state index contributed by atoms with van der Waals surface area (Å²) < 4.78 is 0. The van der Waals surface area contributed by atoms with Gasteiger partial charge in [0.15, 0.2) is 0 Å². The molecule has 0 saturated carbocycles. The van der Waals surface area contributed by atoms with Gasteiger partial charge in [-0.3, -0.25) is 0 Å². The van der Waals surface area contributed by atoms with Gasteiger partial charge in [-0.15, -0.1) is 0 Å². The summed E-state index contributed by atoms with van der Waals surface area (Å²) in [6, 6.07) is 2.12. The molecular weight excluding hydrogens is 144 g/mol. The van der Waals surface area contributed by atoms with Crippen LogP contribution < -0.4 is 11.1 Å². The Kier molecular flexibility index (Phi) is 3.43. The molecule has 0 radical (unpaired) electrons. The molecule has 0 aliphatic carbocycles. The lowest BCUT2D eigenvalue weighted by molar-refractivity contribution is 0.696. The Labute approximate surface area is 65.1 Å². The van der Waals surface area contributed by atoms with Gasteiger partial charge in [0.2, 0.25) is 0 Å². The van der Waals surface area contributed by atoms with Gasteiger partial charge in [-0.05, 0) is 22.4 Å². The van der Waals surface area contributed by atoms with E-state index in [0.29, 0.717) is 6.54 Å². The molecule has 0 aromatic carbocycles. The average molecular weight is 156 g/mol. The summed E-state index contributed by atoms with van der Waals surface area (Å²) in [7, 11) is 0. The largest absolute Gasteiger partial charge is 0.329 e. The SMILES string of the molecule is NCCNCc1ccsc1. The fourth-order valence-corrected chi connectivity index (χ4v) is 1.40. The molecule has 0 aliphatic heterocycles. The zero-order chi connectivity index (χ0) is 7.23. The molecule has 3 N–H and O–H groups in total. The van der Waals surface area contributed by atoms with Crippen LogP contribution in [0.5, 0.6) is 0 Å². The average Bonchev–Trinajstić information content (AvgIpc) is 2.41. The number of nitrogens with one attached hydrogen (secondary N) is 1. The van der Waals surface area contributed by atoms with Gasteiger partial charge in [-0.25, -0.2) is 0 Å². The first kappa shape index (κ1) is 7.72. The molecule has 1 rings (SSSR count). The van der Waals surface area contributed by atoms with Crippen LogP contribution >= 0.6 is 11.3 Å². The van der Waals surface area contributed by atoms with E-state index in [1.807, 2.05) is 0 Å². The second-order valence-electron chi connectivity index (χ2n) is 2.10. The molecule has 3 heteroatoms. The van der Waals surface area contributed by atoms with Crippen molar-refractivity contribution in [2.75, 3.05) is 13.1 Å². The van der Waals surface area contributed by atoms with Crippen LogP contribution in [0.4, 0.5) is 0 Å². The van der Waals surface area contributed by atoms with Gasteiger partial charge in [0, 0.05) is 19.6 Å². The molecule has 0 fully saturated rings. The Morgan fingerprint density at radius 3 is 3.10 bits per heavy atom. The summed E-state index contributed by atoms with van der Waals surface area (Å²) in [5, 5.41) is 7.44. The number of hydrogen-bond acceptors (Lipinski definition) is 3. The molecule has 10 heavy (non-hydrogen) atoms. The van der Waals surface area contributed by atoms with E-state index in [0.717, 1.165) is 13.1 Å². The summed E-state index contributed by atoms with van der Waals surface area (Å²) in [4.78, 5) is 0. The standard InChI is InChI=1S/C7H12N2S/c8-2-3-9-5-7-1-4-10-6-7/h1,4,6,9H,2-3,5,8H2. The van der Waals surface area contributed by atoms with Gasteiger partial charge < -0.3 is 11.1 Å². The highest BCUT2D eigenvalue weighted by molar-refractivity contribution is 7.07. The van der Waals surface area contributed by atoms with E-state index in [4.69, 9.17) is 5.73 Å². The van der Waals surface area contributed by atoms with Gasteiger partial charge in [-0.1, -0.05) is 0 Å². The van der Waals surface area contributed by atoms with Crippen molar-refractivity contribution in [1.29, 1.82) is 0 Å². The summed E-state index contributed by atoms with van der Waals surface area (Å²) in [6.07, 6.45) is 0. The van der Waals surface area contributed by atoms with Gasteiger partial charge >= 0.3 is 0 Å². The van der Waals surface area contributed by atoms with Crippen LogP contribution in [0.25, 0.3) is 0 Å². The van der Waals surface area contributed by atoms with Gasteiger partial charge in [0.05, 0.1) is 0 Å². The van der Waals surface area contributed by atoms with Crippen molar-refractivity contribution >= 4 is 11.3 Å². The number of thiophene rings is 1. The maximum absolute atomic E-state index is 5.31. The molecule has 1 heterocycles. The lowest BCUT2D eigenvalue weighted by Gasteiger charge is -1.98. The lowest BCUT2D eigenvalue weighted by atomic mass is 10.3. The van der Waals surface area contributed by atoms with E-state index in [2.05, 4.69) is 22.1 Å². The van der Waals surface area contributed by atoms with E-state index in [1.54, 1.807) is 11.3 Å². The van der Waals surface area contributed by atoms with Crippen molar-refractivity contribution in [3.05, 3.63) is 22.4 Å². The third-order valence-electron chi connectivity index (χ3n) is 1.23. The molecule has 0 atom stereocenters. The summed E-state index contributed by atoms with van der Waals surface area (Å²) in [6.45, 7) is 2.56. The van der Waals surface area contributed by atoms with Crippen LogP contribution in [0.2, 0.25) is 0 Å². The van der Waals surface area contributed by atoms with Crippen LogP contribution in [0.15, 0.2) is 16.8 Å². The third kappa shape index (κ3) is 2.47. The fraction of sp³-hybridized carbons (Fsp3) is 0.429. The van der Waals surface area contributed by atoms with E-state index >= 15 is 0 Å². The molecule has 1 aromatic heterocycles. The molecule has 0 saturated heterocycles. The van der Waals surface area contributed by atoms with Crippen LogP contribution in [0.3, 0.4) is 0 Å². The van der Waals surface area contributed by atoms with Crippen LogP contribution in [-0.2, 0) is 6.54 Å². The van der Waals surface area contributed by atoms with Crippen LogP contribution in [0, 0.1) is 0 Å². The Morgan fingerprint density at radius 1 is 1.60 bits per heavy atom. The Morgan fingerprint density at radius 2 is 2.50 bits per heavy atom. The second-order valence-corrected chi connectivity index (χ2v) is 2.88. The minimum absolute atomic E-state index is 0.712. The third-order valence-corrected chi connectivity index (χ3v) is 1.96. The van der Waals surface area contributed by atoms with Crippen LogP contribution in [-0.4, -0.2) is 13.1 Å². The number of nitrogens with two attached hydrogens (primary N) is 1. The molecule has 0 aliphatic rings. The highest BCUT2D eigenvalue weighted by atomic mass is 32.1. The zero-order valence-electron chi connectivity index (χ0n) is 5.84. The number of rotatable bonds is 4.